The summed E-state index contributed by atoms with van der Waals surface area (Å²) in [5, 5.41) is 44.2. The second-order valence-electron chi connectivity index (χ2n) is 25.7. The monoisotopic (exact) mass is 1120 g/mol. The number of rotatable bonds is 69. The van der Waals surface area contributed by atoms with E-state index in [1.807, 2.05) is 0 Å². The van der Waals surface area contributed by atoms with Gasteiger partial charge in [0, 0.05) is 0 Å². The molecule has 0 spiro atoms. The number of carbonyl (C=O) groups is 1. The summed E-state index contributed by atoms with van der Waals surface area (Å²) >= 11 is 0. The van der Waals surface area contributed by atoms with Gasteiger partial charge in [-0.1, -0.05) is 392 Å². The topological polar surface area (TPSA) is 110 Å². The maximum Gasteiger partial charge on any atom is 0.249 e. The van der Waals surface area contributed by atoms with E-state index < -0.39 is 36.9 Å². The van der Waals surface area contributed by atoms with Gasteiger partial charge in [-0.2, -0.15) is 0 Å². The van der Waals surface area contributed by atoms with Gasteiger partial charge in [-0.3, -0.25) is 4.79 Å². The van der Waals surface area contributed by atoms with Crippen LogP contribution in [0.4, 0.5) is 0 Å². The van der Waals surface area contributed by atoms with E-state index in [0.717, 1.165) is 38.5 Å². The average molecular weight is 1120 g/mol. The van der Waals surface area contributed by atoms with Crippen molar-refractivity contribution in [3.8, 4) is 0 Å². The van der Waals surface area contributed by atoms with Crippen molar-refractivity contribution in [1.82, 2.24) is 5.32 Å². The van der Waals surface area contributed by atoms with Gasteiger partial charge in [0.1, 0.15) is 12.2 Å². The summed E-state index contributed by atoms with van der Waals surface area (Å²) < 4.78 is 0. The standard InChI is InChI=1S/C73H145NO5/c1-3-5-7-9-11-13-15-17-19-21-23-25-27-29-31-33-34-35-36-37-39-41-43-45-47-49-51-53-55-57-59-61-63-65-67-71(77)73(79)74-69(68-75)72(78)70(76)66-64-62-60-58-56-54-52-50-48-46-44-42-40-38-32-30-28-26-24-22-20-18-16-14-12-10-8-6-4-2/h58,60,69-72,75-78H,3-57,59,61-68H2,1-2H3,(H,74,79)/b60-58+. The highest BCUT2D eigenvalue weighted by molar-refractivity contribution is 5.80. The van der Waals surface area contributed by atoms with Crippen LogP contribution in [0.3, 0.4) is 0 Å². The molecule has 0 radical (unpaired) electrons. The molecule has 1 amide bonds. The molecule has 0 aromatic rings. The molecule has 5 N–H and O–H groups in total. The third-order valence-corrected chi connectivity index (χ3v) is 17.7. The zero-order chi connectivity index (χ0) is 57.3. The molecule has 4 unspecified atom stereocenters. The molecule has 0 aliphatic rings. The van der Waals surface area contributed by atoms with E-state index >= 15 is 0 Å². The van der Waals surface area contributed by atoms with E-state index in [1.54, 1.807) is 0 Å². The minimum Gasteiger partial charge on any atom is -0.394 e. The van der Waals surface area contributed by atoms with Crippen LogP contribution >= 0.6 is 0 Å². The van der Waals surface area contributed by atoms with Crippen LogP contribution in [-0.4, -0.2) is 57.3 Å². The molecule has 0 saturated carbocycles. The Bertz CT molecular complexity index is 1160. The van der Waals surface area contributed by atoms with E-state index in [9.17, 15) is 25.2 Å². The van der Waals surface area contributed by atoms with Crippen LogP contribution < -0.4 is 5.32 Å². The predicted molar refractivity (Wildman–Crippen MR) is 348 cm³/mol. The Labute approximate surface area is 495 Å². The van der Waals surface area contributed by atoms with Crippen molar-refractivity contribution in [2.75, 3.05) is 6.61 Å². The third kappa shape index (κ3) is 61.4. The molecule has 0 heterocycles. The van der Waals surface area contributed by atoms with Gasteiger partial charge in [0.25, 0.3) is 0 Å². The lowest BCUT2D eigenvalue weighted by Gasteiger charge is -2.27. The Hall–Kier alpha value is -0.950. The van der Waals surface area contributed by atoms with E-state index in [0.29, 0.717) is 12.8 Å². The highest BCUT2D eigenvalue weighted by atomic mass is 16.3. The summed E-state index contributed by atoms with van der Waals surface area (Å²) in [6.45, 7) is 4.11. The quantitative estimate of drug-likeness (QED) is 0.0308. The molecule has 0 aliphatic carbocycles. The van der Waals surface area contributed by atoms with Crippen LogP contribution in [0.1, 0.15) is 418 Å². The molecule has 79 heavy (non-hydrogen) atoms. The van der Waals surface area contributed by atoms with E-state index in [1.165, 1.54) is 353 Å². The van der Waals surface area contributed by atoms with Crippen molar-refractivity contribution < 1.29 is 25.2 Å². The molecule has 472 valence electrons. The fourth-order valence-corrected chi connectivity index (χ4v) is 12.1. The highest BCUT2D eigenvalue weighted by Crippen LogP contribution is 2.20. The van der Waals surface area contributed by atoms with Gasteiger partial charge in [-0.05, 0) is 38.5 Å². The summed E-state index contributed by atoms with van der Waals surface area (Å²) in [7, 11) is 0. The largest absolute Gasteiger partial charge is 0.394 e. The van der Waals surface area contributed by atoms with E-state index in [4.69, 9.17) is 0 Å². The van der Waals surface area contributed by atoms with Crippen molar-refractivity contribution in [3.05, 3.63) is 12.2 Å². The Morgan fingerprint density at radius 2 is 0.519 bits per heavy atom. The fourth-order valence-electron chi connectivity index (χ4n) is 12.1. The van der Waals surface area contributed by atoms with Crippen LogP contribution in [0.15, 0.2) is 12.2 Å². The number of allylic oxidation sites excluding steroid dienone is 2. The highest BCUT2D eigenvalue weighted by Gasteiger charge is 2.28. The number of aliphatic hydroxyl groups excluding tert-OH is 4. The normalized spacial score (nSPS) is 13.4. The van der Waals surface area contributed by atoms with Crippen LogP contribution in [0.5, 0.6) is 0 Å². The first kappa shape index (κ1) is 78.0. The molecule has 6 nitrogen and oxygen atoms in total. The van der Waals surface area contributed by atoms with Gasteiger partial charge in [0.05, 0.1) is 18.8 Å². The van der Waals surface area contributed by atoms with Crippen molar-refractivity contribution in [3.63, 3.8) is 0 Å². The Morgan fingerprint density at radius 3 is 0.759 bits per heavy atom. The summed E-state index contributed by atoms with van der Waals surface area (Å²) in [6.07, 6.45) is 85.1. The minimum atomic E-state index is -1.28. The van der Waals surface area contributed by atoms with E-state index in [-0.39, 0.29) is 0 Å². The zero-order valence-electron chi connectivity index (χ0n) is 53.9. The van der Waals surface area contributed by atoms with Crippen molar-refractivity contribution in [2.24, 2.45) is 0 Å². The van der Waals surface area contributed by atoms with Crippen LogP contribution in [-0.2, 0) is 4.79 Å². The average Bonchev–Trinajstić information content (AvgIpc) is 3.45. The van der Waals surface area contributed by atoms with Crippen molar-refractivity contribution in [2.45, 2.75) is 443 Å². The first-order chi connectivity index (χ1) is 39.0. The van der Waals surface area contributed by atoms with Crippen LogP contribution in [0.2, 0.25) is 0 Å². The SMILES string of the molecule is CCCCCCCCCCCCCCCCCCCCCCCCCC/C=C/CCCC(O)C(O)C(CO)NC(=O)C(O)CCCCCCCCCCCCCCCCCCCCCCCCCCCCCCCCCCCC. The molecule has 0 rings (SSSR count). The fraction of sp³-hybridized carbons (Fsp3) is 0.959. The molecule has 0 aromatic heterocycles. The maximum atomic E-state index is 12.7. The van der Waals surface area contributed by atoms with Gasteiger partial charge in [0.2, 0.25) is 5.91 Å². The van der Waals surface area contributed by atoms with Crippen molar-refractivity contribution >= 4 is 5.91 Å². The van der Waals surface area contributed by atoms with Crippen LogP contribution in [0.25, 0.3) is 0 Å². The number of carbonyl (C=O) groups excluding carboxylic acids is 1. The van der Waals surface area contributed by atoms with Gasteiger partial charge in [-0.15, -0.1) is 0 Å². The molecule has 4 atom stereocenters. The summed E-state index contributed by atoms with van der Waals surface area (Å²) in [5.74, 6) is -0.583. The van der Waals surface area contributed by atoms with Crippen LogP contribution in [0, 0.1) is 0 Å². The molecular formula is C73H145NO5. The number of hydrogen-bond donors (Lipinski definition) is 5. The lowest BCUT2D eigenvalue weighted by molar-refractivity contribution is -0.132. The van der Waals surface area contributed by atoms with Gasteiger partial charge in [0.15, 0.2) is 0 Å². The second-order valence-corrected chi connectivity index (χ2v) is 25.7. The smallest absolute Gasteiger partial charge is 0.249 e. The van der Waals surface area contributed by atoms with Gasteiger partial charge >= 0.3 is 0 Å². The van der Waals surface area contributed by atoms with E-state index in [2.05, 4.69) is 31.3 Å². The molecule has 0 saturated heterocycles. The van der Waals surface area contributed by atoms with Gasteiger partial charge < -0.3 is 25.7 Å². The lowest BCUT2D eigenvalue weighted by Crippen LogP contribution is -2.53. The Morgan fingerprint density at radius 1 is 0.304 bits per heavy atom. The number of hydrogen-bond acceptors (Lipinski definition) is 5. The third-order valence-electron chi connectivity index (χ3n) is 17.7. The minimum absolute atomic E-state index is 0.369. The maximum absolute atomic E-state index is 12.7. The first-order valence-electron chi connectivity index (χ1n) is 36.6. The Kier molecular flexibility index (Phi) is 67.0. The summed E-state index contributed by atoms with van der Waals surface area (Å²) in [4.78, 5) is 12.7. The molecule has 0 aliphatic heterocycles. The van der Waals surface area contributed by atoms with Crippen molar-refractivity contribution in [1.29, 1.82) is 0 Å². The lowest BCUT2D eigenvalue weighted by atomic mass is 10.00. The Balaban J connectivity index is 3.52. The molecule has 0 bridgehead atoms. The predicted octanol–water partition coefficient (Wildman–Crippen LogP) is 22.7. The summed E-state index contributed by atoms with van der Waals surface area (Å²) in [6, 6.07) is -1.00. The number of nitrogens with one attached hydrogen (secondary N) is 1. The second kappa shape index (κ2) is 67.8. The zero-order valence-corrected chi connectivity index (χ0v) is 53.9. The molecule has 0 fully saturated rings. The number of amides is 1. The summed E-state index contributed by atoms with van der Waals surface area (Å²) in [5.41, 5.74) is 0. The first-order valence-corrected chi connectivity index (χ1v) is 36.6. The number of aliphatic hydroxyl groups is 4. The molecular weight excluding hydrogens is 971 g/mol. The number of unbranched alkanes of at least 4 members (excludes halogenated alkanes) is 58. The molecule has 0 aromatic carbocycles. The molecule has 6 heteroatoms. The van der Waals surface area contributed by atoms with Gasteiger partial charge in [-0.25, -0.2) is 0 Å².